The second-order valence-electron chi connectivity index (χ2n) is 7.10. The van der Waals surface area contributed by atoms with Crippen molar-refractivity contribution in [2.75, 3.05) is 46.4 Å². The number of likely N-dealkylation sites (N-methyl/N-ethyl adjacent to an activating group) is 1. The minimum absolute atomic E-state index is 0.390. The Hall–Kier alpha value is -0.810. The number of rotatable bonds is 9. The summed E-state index contributed by atoms with van der Waals surface area (Å²) in [5.41, 5.74) is 0.390. The minimum Gasteiger partial charge on any atom is -0.385 e. The fourth-order valence-electron chi connectivity index (χ4n) is 3.83. The highest BCUT2D eigenvalue weighted by atomic mass is 16.5. The summed E-state index contributed by atoms with van der Waals surface area (Å²) in [6.45, 7) is 10.5. The first-order chi connectivity index (χ1) is 11.2. The van der Waals surface area contributed by atoms with E-state index < -0.39 is 0 Å². The molecular weight excluding hydrogens is 288 g/mol. The molecule has 1 unspecified atom stereocenters. The summed E-state index contributed by atoms with van der Waals surface area (Å²) in [5, 5.41) is 6.98. The van der Waals surface area contributed by atoms with Crippen LogP contribution in [0.2, 0.25) is 0 Å². The van der Waals surface area contributed by atoms with Crippen molar-refractivity contribution in [3.8, 4) is 0 Å². The molecule has 1 heterocycles. The Morgan fingerprint density at radius 3 is 2.70 bits per heavy atom. The van der Waals surface area contributed by atoms with Gasteiger partial charge in [0, 0.05) is 39.4 Å². The number of hydrogen-bond acceptors (Lipinski definition) is 3. The first kappa shape index (κ1) is 18.5. The van der Waals surface area contributed by atoms with Crippen LogP contribution in [0.4, 0.5) is 0 Å². The second kappa shape index (κ2) is 9.48. The highest BCUT2D eigenvalue weighted by Gasteiger charge is 2.36. The molecule has 23 heavy (non-hydrogen) atoms. The van der Waals surface area contributed by atoms with Gasteiger partial charge >= 0.3 is 0 Å². The van der Waals surface area contributed by atoms with Gasteiger partial charge in [0.15, 0.2) is 5.96 Å². The summed E-state index contributed by atoms with van der Waals surface area (Å²) in [6, 6.07) is 0.662. The summed E-state index contributed by atoms with van der Waals surface area (Å²) in [7, 11) is 1.79. The highest BCUT2D eigenvalue weighted by Crippen LogP contribution is 2.44. The molecule has 2 N–H and O–H groups in total. The molecule has 1 aliphatic carbocycles. The lowest BCUT2D eigenvalue weighted by Crippen LogP contribution is -2.45. The van der Waals surface area contributed by atoms with Gasteiger partial charge in [0.25, 0.3) is 0 Å². The number of aliphatic imine (C=N–C) groups is 1. The normalized spacial score (nSPS) is 24.5. The third kappa shape index (κ3) is 5.35. The number of likely N-dealkylation sites (tertiary alicyclic amines) is 1. The number of hydrogen-bond donors (Lipinski definition) is 2. The molecule has 2 fully saturated rings. The first-order valence-corrected chi connectivity index (χ1v) is 9.48. The molecule has 0 aromatic rings. The molecular formula is C18H36N4O. The van der Waals surface area contributed by atoms with E-state index in [0.717, 1.165) is 45.2 Å². The smallest absolute Gasteiger partial charge is 0.191 e. The van der Waals surface area contributed by atoms with Crippen molar-refractivity contribution in [3.05, 3.63) is 0 Å². The third-order valence-electron chi connectivity index (χ3n) is 5.58. The van der Waals surface area contributed by atoms with Gasteiger partial charge in [0.05, 0.1) is 0 Å². The van der Waals surface area contributed by atoms with Crippen molar-refractivity contribution in [1.29, 1.82) is 0 Å². The third-order valence-corrected chi connectivity index (χ3v) is 5.58. The van der Waals surface area contributed by atoms with Gasteiger partial charge in [0.2, 0.25) is 0 Å². The molecule has 5 nitrogen and oxygen atoms in total. The molecule has 0 amide bonds. The minimum atomic E-state index is 0.390. The molecule has 2 rings (SSSR count). The zero-order chi connectivity index (χ0) is 16.5. The van der Waals surface area contributed by atoms with Crippen LogP contribution >= 0.6 is 0 Å². The first-order valence-electron chi connectivity index (χ1n) is 9.48. The van der Waals surface area contributed by atoms with Gasteiger partial charge in [-0.25, -0.2) is 0 Å². The molecule has 5 heteroatoms. The molecule has 0 radical (unpaired) electrons. The summed E-state index contributed by atoms with van der Waals surface area (Å²) >= 11 is 0. The predicted octanol–water partition coefficient (Wildman–Crippen LogP) is 2.23. The Balaban J connectivity index is 1.84. The van der Waals surface area contributed by atoms with Crippen molar-refractivity contribution < 1.29 is 4.74 Å². The van der Waals surface area contributed by atoms with Crippen molar-refractivity contribution >= 4 is 5.96 Å². The van der Waals surface area contributed by atoms with E-state index >= 15 is 0 Å². The summed E-state index contributed by atoms with van der Waals surface area (Å²) < 4.78 is 5.28. The standard InChI is InChI=1S/C18H36N4O/c1-4-19-17(20-14-16-8-6-12-22(16)5-2)21-15-18(9-7-10-18)11-13-23-3/h16H,4-15H2,1-3H3,(H2,19,20,21). The zero-order valence-electron chi connectivity index (χ0n) is 15.4. The van der Waals surface area contributed by atoms with Gasteiger partial charge in [-0.15, -0.1) is 0 Å². The second-order valence-corrected chi connectivity index (χ2v) is 7.10. The van der Waals surface area contributed by atoms with Crippen LogP contribution in [0.15, 0.2) is 4.99 Å². The molecule has 1 saturated carbocycles. The van der Waals surface area contributed by atoms with Crippen LogP contribution in [0.3, 0.4) is 0 Å². The van der Waals surface area contributed by atoms with Gasteiger partial charge in [-0.1, -0.05) is 13.3 Å². The maximum Gasteiger partial charge on any atom is 0.191 e. The van der Waals surface area contributed by atoms with Gasteiger partial charge < -0.3 is 15.4 Å². The summed E-state index contributed by atoms with van der Waals surface area (Å²) in [4.78, 5) is 7.46. The summed E-state index contributed by atoms with van der Waals surface area (Å²) in [6.07, 6.45) is 7.71. The fraction of sp³-hybridized carbons (Fsp3) is 0.944. The SMILES string of the molecule is CCNC(=NCC1(CCOC)CCC1)NCC1CCCN1CC. The van der Waals surface area contributed by atoms with Crippen LogP contribution in [0.25, 0.3) is 0 Å². The largest absolute Gasteiger partial charge is 0.385 e. The van der Waals surface area contributed by atoms with E-state index in [4.69, 9.17) is 9.73 Å². The maximum atomic E-state index is 5.28. The Morgan fingerprint density at radius 2 is 2.09 bits per heavy atom. The van der Waals surface area contributed by atoms with E-state index in [9.17, 15) is 0 Å². The fourth-order valence-corrected chi connectivity index (χ4v) is 3.83. The van der Waals surface area contributed by atoms with E-state index in [2.05, 4.69) is 29.4 Å². The molecule has 0 bridgehead atoms. The molecule has 0 aromatic heterocycles. The van der Waals surface area contributed by atoms with Crippen LogP contribution in [-0.2, 0) is 4.74 Å². The molecule has 1 aliphatic heterocycles. The number of guanidine groups is 1. The van der Waals surface area contributed by atoms with E-state index in [0.29, 0.717) is 11.5 Å². The lowest BCUT2D eigenvalue weighted by atomic mass is 9.67. The van der Waals surface area contributed by atoms with E-state index in [1.165, 1.54) is 38.6 Å². The molecule has 134 valence electrons. The maximum absolute atomic E-state index is 5.28. The highest BCUT2D eigenvalue weighted by molar-refractivity contribution is 5.79. The molecule has 0 aromatic carbocycles. The number of methoxy groups -OCH3 is 1. The molecule has 0 spiro atoms. The molecule has 1 saturated heterocycles. The van der Waals surface area contributed by atoms with Crippen molar-refractivity contribution in [1.82, 2.24) is 15.5 Å². The van der Waals surface area contributed by atoms with Gasteiger partial charge in [0.1, 0.15) is 0 Å². The lowest BCUT2D eigenvalue weighted by Gasteiger charge is -2.40. The van der Waals surface area contributed by atoms with Crippen molar-refractivity contribution in [2.45, 2.75) is 58.4 Å². The molecule has 1 atom stereocenters. The van der Waals surface area contributed by atoms with Crippen LogP contribution in [-0.4, -0.2) is 63.3 Å². The number of nitrogens with zero attached hydrogens (tertiary/aromatic N) is 2. The quantitative estimate of drug-likeness (QED) is 0.504. The van der Waals surface area contributed by atoms with Gasteiger partial charge in [-0.2, -0.15) is 0 Å². The Kier molecular flexibility index (Phi) is 7.63. The number of nitrogens with one attached hydrogen (secondary N) is 2. The van der Waals surface area contributed by atoms with Gasteiger partial charge in [-0.3, -0.25) is 9.89 Å². The Bertz CT molecular complexity index is 368. The van der Waals surface area contributed by atoms with Crippen LogP contribution in [0.1, 0.15) is 52.4 Å². The Morgan fingerprint density at radius 1 is 1.26 bits per heavy atom. The van der Waals surface area contributed by atoms with Crippen molar-refractivity contribution in [2.24, 2.45) is 10.4 Å². The Labute approximate surface area is 142 Å². The average Bonchev–Trinajstić information content (AvgIpc) is 2.98. The summed E-state index contributed by atoms with van der Waals surface area (Å²) in [5.74, 6) is 0.985. The predicted molar refractivity (Wildman–Crippen MR) is 97.0 cm³/mol. The topological polar surface area (TPSA) is 48.9 Å². The monoisotopic (exact) mass is 324 g/mol. The zero-order valence-corrected chi connectivity index (χ0v) is 15.4. The van der Waals surface area contributed by atoms with E-state index in [1.54, 1.807) is 7.11 Å². The van der Waals surface area contributed by atoms with Crippen LogP contribution in [0, 0.1) is 5.41 Å². The lowest BCUT2D eigenvalue weighted by molar-refractivity contribution is 0.0778. The van der Waals surface area contributed by atoms with E-state index in [1.807, 2.05) is 0 Å². The van der Waals surface area contributed by atoms with Crippen molar-refractivity contribution in [3.63, 3.8) is 0 Å². The van der Waals surface area contributed by atoms with E-state index in [-0.39, 0.29) is 0 Å². The number of ether oxygens (including phenoxy) is 1. The molecule has 2 aliphatic rings. The van der Waals surface area contributed by atoms with Crippen LogP contribution in [0.5, 0.6) is 0 Å². The average molecular weight is 325 g/mol. The van der Waals surface area contributed by atoms with Crippen LogP contribution < -0.4 is 10.6 Å². The van der Waals surface area contributed by atoms with Gasteiger partial charge in [-0.05, 0) is 57.5 Å².